The lowest BCUT2D eigenvalue weighted by molar-refractivity contribution is -0.123. The molecule has 1 rings (SSSR count). The maximum atomic E-state index is 12.2. The molecule has 1 unspecified atom stereocenters. The van der Waals surface area contributed by atoms with E-state index in [1.807, 2.05) is 13.8 Å². The van der Waals surface area contributed by atoms with Gasteiger partial charge in [-0.15, -0.1) is 24.8 Å². The van der Waals surface area contributed by atoms with E-state index in [2.05, 4.69) is 20.9 Å². The van der Waals surface area contributed by atoms with Gasteiger partial charge in [0.2, 0.25) is 5.91 Å². The molecule has 0 spiro atoms. The SMILES string of the molecule is COCCNCCNC(=O)C(NC(=O)c1ccccn1)C(C)C.Cl.Cl. The third-order valence-corrected chi connectivity index (χ3v) is 3.22. The predicted octanol–water partition coefficient (Wildman–Crippen LogP) is 1.03. The highest BCUT2D eigenvalue weighted by Gasteiger charge is 2.24. The Morgan fingerprint density at radius 3 is 2.44 bits per heavy atom. The van der Waals surface area contributed by atoms with Gasteiger partial charge < -0.3 is 20.7 Å². The van der Waals surface area contributed by atoms with E-state index < -0.39 is 6.04 Å². The van der Waals surface area contributed by atoms with Gasteiger partial charge in [-0.05, 0) is 18.1 Å². The predicted molar refractivity (Wildman–Crippen MR) is 103 cm³/mol. The maximum absolute atomic E-state index is 12.2. The van der Waals surface area contributed by atoms with Gasteiger partial charge in [0.05, 0.1) is 6.61 Å². The van der Waals surface area contributed by atoms with Crippen molar-refractivity contribution >= 4 is 36.6 Å². The molecule has 0 radical (unpaired) electrons. The number of methoxy groups -OCH3 is 1. The molecule has 0 aliphatic rings. The lowest BCUT2D eigenvalue weighted by Gasteiger charge is -2.21. The van der Waals surface area contributed by atoms with Crippen LogP contribution in [0.2, 0.25) is 0 Å². The summed E-state index contributed by atoms with van der Waals surface area (Å²) >= 11 is 0. The summed E-state index contributed by atoms with van der Waals surface area (Å²) < 4.78 is 4.92. The number of nitrogens with zero attached hydrogens (tertiary/aromatic N) is 1. The summed E-state index contributed by atoms with van der Waals surface area (Å²) in [6, 6.07) is 4.49. The second kappa shape index (κ2) is 14.9. The monoisotopic (exact) mass is 394 g/mol. The molecule has 144 valence electrons. The van der Waals surface area contributed by atoms with Crippen LogP contribution in [0.25, 0.3) is 0 Å². The van der Waals surface area contributed by atoms with Gasteiger partial charge in [0, 0.05) is 32.9 Å². The lowest BCUT2D eigenvalue weighted by atomic mass is 10.0. The molecule has 1 atom stereocenters. The second-order valence-corrected chi connectivity index (χ2v) is 5.44. The van der Waals surface area contributed by atoms with Crippen molar-refractivity contribution in [1.29, 1.82) is 0 Å². The first-order valence-electron chi connectivity index (χ1n) is 7.75. The number of pyridine rings is 1. The molecule has 1 aromatic heterocycles. The van der Waals surface area contributed by atoms with E-state index in [4.69, 9.17) is 4.74 Å². The Labute approximate surface area is 161 Å². The Balaban J connectivity index is 0. The highest BCUT2D eigenvalue weighted by molar-refractivity contribution is 5.96. The zero-order chi connectivity index (χ0) is 17.1. The fourth-order valence-corrected chi connectivity index (χ4v) is 1.93. The second-order valence-electron chi connectivity index (χ2n) is 5.44. The summed E-state index contributed by atoms with van der Waals surface area (Å²) in [5, 5.41) is 8.70. The topological polar surface area (TPSA) is 92.4 Å². The van der Waals surface area contributed by atoms with Crippen LogP contribution in [0.1, 0.15) is 24.3 Å². The number of aromatic nitrogens is 1. The molecule has 1 aromatic rings. The first-order chi connectivity index (χ1) is 11.1. The van der Waals surface area contributed by atoms with Crippen LogP contribution in [-0.2, 0) is 9.53 Å². The van der Waals surface area contributed by atoms with E-state index in [0.717, 1.165) is 6.54 Å². The molecule has 3 N–H and O–H groups in total. The van der Waals surface area contributed by atoms with Crippen LogP contribution in [0.15, 0.2) is 24.4 Å². The van der Waals surface area contributed by atoms with Gasteiger partial charge >= 0.3 is 0 Å². The smallest absolute Gasteiger partial charge is 0.270 e. The Hall–Kier alpha value is -1.41. The van der Waals surface area contributed by atoms with Crippen LogP contribution in [-0.4, -0.2) is 56.2 Å². The van der Waals surface area contributed by atoms with E-state index in [9.17, 15) is 9.59 Å². The van der Waals surface area contributed by atoms with Crippen LogP contribution >= 0.6 is 24.8 Å². The van der Waals surface area contributed by atoms with Crippen molar-refractivity contribution in [3.05, 3.63) is 30.1 Å². The standard InChI is InChI=1S/C16H26N4O3.2ClH/c1-12(2)14(16(22)19-9-8-17-10-11-23-3)20-15(21)13-6-4-5-7-18-13;;/h4-7,12,14,17H,8-11H2,1-3H3,(H,19,22)(H,20,21);2*1H. The number of rotatable bonds is 10. The van der Waals surface area contributed by atoms with Crippen molar-refractivity contribution in [3.63, 3.8) is 0 Å². The first kappa shape index (κ1) is 25.8. The van der Waals surface area contributed by atoms with E-state index in [0.29, 0.717) is 25.4 Å². The third kappa shape index (κ3) is 10.2. The Kier molecular flexibility index (Phi) is 15.4. The summed E-state index contributed by atoms with van der Waals surface area (Å²) in [6.45, 7) is 6.28. The van der Waals surface area contributed by atoms with Crippen molar-refractivity contribution in [2.45, 2.75) is 19.9 Å². The molecular formula is C16H28Cl2N4O3. The number of carbonyl (C=O) groups excluding carboxylic acids is 2. The molecule has 0 aliphatic carbocycles. The van der Waals surface area contributed by atoms with Gasteiger partial charge in [0.1, 0.15) is 11.7 Å². The molecule has 25 heavy (non-hydrogen) atoms. The molecule has 0 bridgehead atoms. The molecule has 0 saturated carbocycles. The fourth-order valence-electron chi connectivity index (χ4n) is 1.93. The zero-order valence-electron chi connectivity index (χ0n) is 14.8. The fraction of sp³-hybridized carbons (Fsp3) is 0.562. The average molecular weight is 395 g/mol. The van der Waals surface area contributed by atoms with Crippen LogP contribution in [0.4, 0.5) is 0 Å². The van der Waals surface area contributed by atoms with Gasteiger partial charge in [0.25, 0.3) is 5.91 Å². The summed E-state index contributed by atoms with van der Waals surface area (Å²) in [6.07, 6.45) is 1.55. The van der Waals surface area contributed by atoms with E-state index >= 15 is 0 Å². The van der Waals surface area contributed by atoms with Gasteiger partial charge in [-0.25, -0.2) is 0 Å². The molecule has 0 aromatic carbocycles. The van der Waals surface area contributed by atoms with Crippen molar-refractivity contribution in [3.8, 4) is 0 Å². The number of hydrogen-bond acceptors (Lipinski definition) is 5. The molecule has 2 amide bonds. The van der Waals surface area contributed by atoms with E-state index in [1.54, 1.807) is 31.5 Å². The molecule has 7 nitrogen and oxygen atoms in total. The minimum atomic E-state index is -0.594. The van der Waals surface area contributed by atoms with Gasteiger partial charge in [-0.1, -0.05) is 19.9 Å². The quantitative estimate of drug-likeness (QED) is 0.515. The summed E-state index contributed by atoms with van der Waals surface area (Å²) in [5.74, 6) is -0.570. The number of halogens is 2. The van der Waals surface area contributed by atoms with E-state index in [1.165, 1.54) is 0 Å². The maximum Gasteiger partial charge on any atom is 0.270 e. The van der Waals surface area contributed by atoms with Crippen LogP contribution in [0.5, 0.6) is 0 Å². The molecular weight excluding hydrogens is 367 g/mol. The van der Waals surface area contributed by atoms with Crippen molar-refractivity contribution < 1.29 is 14.3 Å². The third-order valence-electron chi connectivity index (χ3n) is 3.22. The first-order valence-corrected chi connectivity index (χ1v) is 7.75. The number of nitrogens with one attached hydrogen (secondary N) is 3. The molecule has 0 saturated heterocycles. The minimum Gasteiger partial charge on any atom is -0.383 e. The number of carbonyl (C=O) groups is 2. The van der Waals surface area contributed by atoms with Crippen LogP contribution < -0.4 is 16.0 Å². The average Bonchev–Trinajstić information content (AvgIpc) is 2.55. The van der Waals surface area contributed by atoms with Crippen LogP contribution in [0, 0.1) is 5.92 Å². The normalized spacial score (nSPS) is 11.0. The number of amides is 2. The summed E-state index contributed by atoms with van der Waals surface area (Å²) in [7, 11) is 1.64. The lowest BCUT2D eigenvalue weighted by Crippen LogP contribution is -2.50. The van der Waals surface area contributed by atoms with Gasteiger partial charge in [-0.3, -0.25) is 14.6 Å². The minimum absolute atomic E-state index is 0. The molecule has 1 heterocycles. The highest BCUT2D eigenvalue weighted by atomic mass is 35.5. The number of ether oxygens (including phenoxy) is 1. The van der Waals surface area contributed by atoms with Crippen LogP contribution in [0.3, 0.4) is 0 Å². The zero-order valence-corrected chi connectivity index (χ0v) is 16.4. The Morgan fingerprint density at radius 2 is 1.88 bits per heavy atom. The highest BCUT2D eigenvalue weighted by Crippen LogP contribution is 2.03. The molecule has 9 heteroatoms. The molecule has 0 aliphatic heterocycles. The molecule has 0 fully saturated rings. The summed E-state index contributed by atoms with van der Waals surface area (Å²) in [4.78, 5) is 28.4. The summed E-state index contributed by atoms with van der Waals surface area (Å²) in [5.41, 5.74) is 0.298. The van der Waals surface area contributed by atoms with Gasteiger partial charge in [-0.2, -0.15) is 0 Å². The number of hydrogen-bond donors (Lipinski definition) is 3. The van der Waals surface area contributed by atoms with Crippen molar-refractivity contribution in [1.82, 2.24) is 20.9 Å². The Morgan fingerprint density at radius 1 is 1.16 bits per heavy atom. The van der Waals surface area contributed by atoms with Crippen molar-refractivity contribution in [2.24, 2.45) is 5.92 Å². The van der Waals surface area contributed by atoms with Crippen molar-refractivity contribution in [2.75, 3.05) is 33.4 Å². The van der Waals surface area contributed by atoms with Gasteiger partial charge in [0.15, 0.2) is 0 Å². The largest absolute Gasteiger partial charge is 0.383 e. The van der Waals surface area contributed by atoms with E-state index in [-0.39, 0.29) is 42.5 Å². The Bertz CT molecular complexity index is 490.